The maximum atomic E-state index is 4.46. The van der Waals surface area contributed by atoms with Crippen LogP contribution in [0.1, 0.15) is 5.56 Å². The molecule has 2 rings (SSSR count). The molecule has 1 heterocycles. The number of hydrogen-bond acceptors (Lipinski definition) is 5. The van der Waals surface area contributed by atoms with Crippen LogP contribution in [-0.4, -0.2) is 42.1 Å². The Bertz CT molecular complexity index is 600. The van der Waals surface area contributed by atoms with Crippen molar-refractivity contribution in [3.05, 3.63) is 40.5 Å². The molecule has 112 valence electrons. The van der Waals surface area contributed by atoms with Gasteiger partial charge in [-0.05, 0) is 50.8 Å². The van der Waals surface area contributed by atoms with Crippen molar-refractivity contribution < 1.29 is 0 Å². The summed E-state index contributed by atoms with van der Waals surface area (Å²) in [7, 11) is 4.08. The number of likely N-dealkylation sites (N-methyl/N-ethyl adjacent to an activating group) is 1. The number of nitrogens with one attached hydrogen (secondary N) is 2. The van der Waals surface area contributed by atoms with Gasteiger partial charge < -0.3 is 15.5 Å². The van der Waals surface area contributed by atoms with E-state index < -0.39 is 0 Å². The number of halogens is 1. The molecule has 0 amide bonds. The van der Waals surface area contributed by atoms with Crippen molar-refractivity contribution in [3.8, 4) is 0 Å². The standard InChI is InChI=1S/C15H20BrN5/c1-11-10-12(16)4-5-13(11)19-14-6-7-17-15(20-14)18-8-9-21(2)3/h4-7,10H,8-9H2,1-3H3,(H2,17,18,19,20). The fraction of sp³-hybridized carbons (Fsp3) is 0.333. The van der Waals surface area contributed by atoms with E-state index in [-0.39, 0.29) is 0 Å². The minimum atomic E-state index is 0.636. The molecule has 6 heteroatoms. The molecular weight excluding hydrogens is 330 g/mol. The number of rotatable bonds is 6. The fourth-order valence-electron chi connectivity index (χ4n) is 1.81. The Morgan fingerprint density at radius 1 is 1.24 bits per heavy atom. The maximum Gasteiger partial charge on any atom is 0.224 e. The highest BCUT2D eigenvalue weighted by atomic mass is 79.9. The summed E-state index contributed by atoms with van der Waals surface area (Å²) in [6.45, 7) is 3.81. The van der Waals surface area contributed by atoms with Crippen LogP contribution >= 0.6 is 15.9 Å². The second-order valence-corrected chi connectivity index (χ2v) is 6.00. The number of aryl methyl sites for hydroxylation is 1. The summed E-state index contributed by atoms with van der Waals surface area (Å²) in [4.78, 5) is 10.8. The Kier molecular flexibility index (Phi) is 5.52. The molecule has 2 aromatic rings. The first kappa shape index (κ1) is 15.7. The molecule has 2 N–H and O–H groups in total. The summed E-state index contributed by atoms with van der Waals surface area (Å²) in [6.07, 6.45) is 1.75. The summed E-state index contributed by atoms with van der Waals surface area (Å²) in [5, 5.41) is 6.53. The van der Waals surface area contributed by atoms with E-state index in [0.29, 0.717) is 5.95 Å². The average Bonchev–Trinajstić information content (AvgIpc) is 2.42. The van der Waals surface area contributed by atoms with Gasteiger partial charge in [0.2, 0.25) is 5.95 Å². The van der Waals surface area contributed by atoms with Gasteiger partial charge in [-0.25, -0.2) is 4.98 Å². The van der Waals surface area contributed by atoms with Crippen molar-refractivity contribution in [2.75, 3.05) is 37.8 Å². The molecule has 0 saturated heterocycles. The van der Waals surface area contributed by atoms with Gasteiger partial charge in [-0.3, -0.25) is 0 Å². The minimum absolute atomic E-state index is 0.636. The molecule has 0 atom stereocenters. The van der Waals surface area contributed by atoms with E-state index in [0.717, 1.165) is 34.6 Å². The topological polar surface area (TPSA) is 53.1 Å². The van der Waals surface area contributed by atoms with Crippen molar-refractivity contribution >= 4 is 33.4 Å². The van der Waals surface area contributed by atoms with Crippen LogP contribution in [0.3, 0.4) is 0 Å². The third-order valence-corrected chi connectivity index (χ3v) is 3.44. The Labute approximate surface area is 133 Å². The van der Waals surface area contributed by atoms with Crippen LogP contribution in [0.15, 0.2) is 34.9 Å². The smallest absolute Gasteiger partial charge is 0.224 e. The lowest BCUT2D eigenvalue weighted by Crippen LogP contribution is -2.21. The van der Waals surface area contributed by atoms with Gasteiger partial charge in [0.25, 0.3) is 0 Å². The van der Waals surface area contributed by atoms with Crippen LogP contribution < -0.4 is 10.6 Å². The zero-order chi connectivity index (χ0) is 15.2. The molecule has 21 heavy (non-hydrogen) atoms. The largest absolute Gasteiger partial charge is 0.353 e. The molecular formula is C15H20BrN5. The van der Waals surface area contributed by atoms with Gasteiger partial charge >= 0.3 is 0 Å². The van der Waals surface area contributed by atoms with Crippen molar-refractivity contribution in [2.24, 2.45) is 0 Å². The molecule has 5 nitrogen and oxygen atoms in total. The van der Waals surface area contributed by atoms with E-state index in [1.54, 1.807) is 6.20 Å². The second kappa shape index (κ2) is 7.38. The van der Waals surface area contributed by atoms with Gasteiger partial charge in [0.05, 0.1) is 0 Å². The van der Waals surface area contributed by atoms with Gasteiger partial charge in [0.15, 0.2) is 0 Å². The molecule has 0 bridgehead atoms. The van der Waals surface area contributed by atoms with Crippen LogP contribution in [-0.2, 0) is 0 Å². The molecule has 0 aliphatic heterocycles. The minimum Gasteiger partial charge on any atom is -0.353 e. The lowest BCUT2D eigenvalue weighted by atomic mass is 10.2. The third kappa shape index (κ3) is 4.99. The summed E-state index contributed by atoms with van der Waals surface area (Å²) >= 11 is 3.47. The van der Waals surface area contributed by atoms with Crippen molar-refractivity contribution in [3.63, 3.8) is 0 Å². The Hall–Kier alpha value is -1.66. The molecule has 0 aliphatic carbocycles. The zero-order valence-electron chi connectivity index (χ0n) is 12.5. The summed E-state index contributed by atoms with van der Waals surface area (Å²) in [5.74, 6) is 1.42. The van der Waals surface area contributed by atoms with E-state index in [4.69, 9.17) is 0 Å². The number of nitrogens with zero attached hydrogens (tertiary/aromatic N) is 3. The van der Waals surface area contributed by atoms with E-state index in [1.165, 1.54) is 0 Å². The highest BCUT2D eigenvalue weighted by Gasteiger charge is 2.03. The average molecular weight is 350 g/mol. The highest BCUT2D eigenvalue weighted by Crippen LogP contribution is 2.23. The lowest BCUT2D eigenvalue weighted by Gasteiger charge is -2.12. The van der Waals surface area contributed by atoms with Gasteiger partial charge in [-0.1, -0.05) is 15.9 Å². The molecule has 0 saturated carbocycles. The van der Waals surface area contributed by atoms with Crippen molar-refractivity contribution in [2.45, 2.75) is 6.92 Å². The van der Waals surface area contributed by atoms with Gasteiger partial charge in [0, 0.05) is 29.4 Å². The summed E-state index contributed by atoms with van der Waals surface area (Å²) < 4.78 is 1.07. The predicted octanol–water partition coefficient (Wildman–Crippen LogP) is 3.26. The predicted molar refractivity (Wildman–Crippen MR) is 91.2 cm³/mol. The molecule has 0 spiro atoms. The molecule has 0 radical (unpaired) electrons. The Balaban J connectivity index is 2.03. The SMILES string of the molecule is Cc1cc(Br)ccc1Nc1ccnc(NCCN(C)C)n1. The molecule has 1 aromatic heterocycles. The van der Waals surface area contributed by atoms with Crippen LogP contribution in [0.5, 0.6) is 0 Å². The van der Waals surface area contributed by atoms with Gasteiger partial charge in [-0.15, -0.1) is 0 Å². The fourth-order valence-corrected chi connectivity index (χ4v) is 2.29. The Morgan fingerprint density at radius 3 is 2.76 bits per heavy atom. The van der Waals surface area contributed by atoms with Crippen molar-refractivity contribution in [1.29, 1.82) is 0 Å². The second-order valence-electron chi connectivity index (χ2n) is 5.08. The van der Waals surface area contributed by atoms with E-state index in [1.807, 2.05) is 32.3 Å². The van der Waals surface area contributed by atoms with Gasteiger partial charge in [-0.2, -0.15) is 4.98 Å². The molecule has 0 aliphatic rings. The quantitative estimate of drug-likeness (QED) is 0.838. The molecule has 0 unspecified atom stereocenters. The highest BCUT2D eigenvalue weighted by molar-refractivity contribution is 9.10. The van der Waals surface area contributed by atoms with E-state index in [2.05, 4.69) is 54.4 Å². The lowest BCUT2D eigenvalue weighted by molar-refractivity contribution is 0.425. The normalized spacial score (nSPS) is 10.7. The number of aromatic nitrogens is 2. The zero-order valence-corrected chi connectivity index (χ0v) is 14.1. The van der Waals surface area contributed by atoms with Gasteiger partial charge in [0.1, 0.15) is 5.82 Å². The first-order valence-electron chi connectivity index (χ1n) is 6.79. The van der Waals surface area contributed by atoms with E-state index in [9.17, 15) is 0 Å². The summed E-state index contributed by atoms with van der Waals surface area (Å²) in [6, 6.07) is 7.96. The number of anilines is 3. The summed E-state index contributed by atoms with van der Waals surface area (Å²) in [5.41, 5.74) is 2.20. The molecule has 0 fully saturated rings. The van der Waals surface area contributed by atoms with Crippen LogP contribution in [0.4, 0.5) is 17.5 Å². The Morgan fingerprint density at radius 2 is 2.05 bits per heavy atom. The first-order valence-corrected chi connectivity index (χ1v) is 7.59. The van der Waals surface area contributed by atoms with Crippen molar-refractivity contribution in [1.82, 2.24) is 14.9 Å². The number of hydrogen-bond donors (Lipinski definition) is 2. The van der Waals surface area contributed by atoms with Crippen LogP contribution in [0.25, 0.3) is 0 Å². The van der Waals surface area contributed by atoms with Crippen LogP contribution in [0.2, 0.25) is 0 Å². The van der Waals surface area contributed by atoms with E-state index >= 15 is 0 Å². The monoisotopic (exact) mass is 349 g/mol. The maximum absolute atomic E-state index is 4.46. The van der Waals surface area contributed by atoms with Crippen LogP contribution in [0, 0.1) is 6.92 Å². The first-order chi connectivity index (χ1) is 10.0. The molecule has 1 aromatic carbocycles. The third-order valence-electron chi connectivity index (χ3n) is 2.95. The number of benzene rings is 1.